The first-order valence-electron chi connectivity index (χ1n) is 8.12. The van der Waals surface area contributed by atoms with Crippen molar-refractivity contribution in [2.45, 2.75) is 33.0 Å². The van der Waals surface area contributed by atoms with Gasteiger partial charge >= 0.3 is 0 Å². The monoisotopic (exact) mass is 359 g/mol. The molecule has 1 aliphatic rings. The van der Waals surface area contributed by atoms with Crippen LogP contribution in [-0.2, 0) is 6.54 Å². The number of pyridine rings is 1. The van der Waals surface area contributed by atoms with Gasteiger partial charge in [0.15, 0.2) is 0 Å². The summed E-state index contributed by atoms with van der Waals surface area (Å²) in [6, 6.07) is 1.90. The van der Waals surface area contributed by atoms with Gasteiger partial charge in [-0.1, -0.05) is 5.18 Å². The molecule has 0 aromatic carbocycles. The fourth-order valence-electron chi connectivity index (χ4n) is 2.24. The summed E-state index contributed by atoms with van der Waals surface area (Å²) in [7, 11) is 0. The maximum atomic E-state index is 13.5. The first-order valence-corrected chi connectivity index (χ1v) is 8.12. The van der Waals surface area contributed by atoms with E-state index in [-0.39, 0.29) is 18.9 Å². The van der Waals surface area contributed by atoms with Gasteiger partial charge in [-0.05, 0) is 38.5 Å². The van der Waals surface area contributed by atoms with Crippen molar-refractivity contribution in [3.63, 3.8) is 0 Å². The van der Waals surface area contributed by atoms with Crippen molar-refractivity contribution in [3.8, 4) is 5.88 Å². The van der Waals surface area contributed by atoms with Crippen molar-refractivity contribution >= 4 is 11.4 Å². The van der Waals surface area contributed by atoms with Crippen LogP contribution in [0.15, 0.2) is 46.5 Å². The van der Waals surface area contributed by atoms with Crippen molar-refractivity contribution < 1.29 is 9.13 Å². The molecule has 26 heavy (non-hydrogen) atoms. The zero-order valence-corrected chi connectivity index (χ0v) is 15.0. The van der Waals surface area contributed by atoms with Crippen LogP contribution < -0.4 is 10.1 Å². The molecule has 2 N–H and O–H groups in total. The number of nitrogens with zero attached hydrogens (tertiary/aromatic N) is 3. The van der Waals surface area contributed by atoms with Gasteiger partial charge < -0.3 is 15.5 Å². The average Bonchev–Trinajstić information content (AvgIpc) is 2.56. The van der Waals surface area contributed by atoms with Gasteiger partial charge in [-0.2, -0.15) is 4.91 Å². The van der Waals surface area contributed by atoms with Crippen LogP contribution in [0.25, 0.3) is 0 Å². The van der Waals surface area contributed by atoms with Crippen LogP contribution in [0.5, 0.6) is 5.88 Å². The van der Waals surface area contributed by atoms with E-state index >= 15 is 0 Å². The number of aromatic nitrogens is 1. The van der Waals surface area contributed by atoms with E-state index in [1.54, 1.807) is 18.5 Å². The summed E-state index contributed by atoms with van der Waals surface area (Å²) in [5.74, 6) is 0.406. The SMILES string of the molecule is Cc1cc(CN/C=C2\C(=N)C=CN=C2CN=O)cnc1OCC(C)(C)F. The number of ether oxygens (including phenoxy) is 1. The summed E-state index contributed by atoms with van der Waals surface area (Å²) in [5.41, 5.74) is 1.53. The lowest BCUT2D eigenvalue weighted by atomic mass is 10.0. The molecule has 0 radical (unpaired) electrons. The van der Waals surface area contributed by atoms with Crippen LogP contribution in [-0.4, -0.2) is 35.2 Å². The Labute approximate surface area is 151 Å². The number of nitroso groups, excluding NO2 is 1. The Bertz CT molecular complexity index is 778. The van der Waals surface area contributed by atoms with E-state index in [2.05, 4.69) is 20.5 Å². The number of allylic oxidation sites excluding steroid dienone is 1. The molecular weight excluding hydrogens is 337 g/mol. The molecule has 0 bridgehead atoms. The highest BCUT2D eigenvalue weighted by molar-refractivity contribution is 6.29. The Hall–Kier alpha value is -2.90. The molecule has 0 spiro atoms. The normalized spacial score (nSPS) is 15.8. The number of rotatable bonds is 8. The number of alkyl halides is 1. The summed E-state index contributed by atoms with van der Waals surface area (Å²) in [4.78, 5) is 18.8. The van der Waals surface area contributed by atoms with E-state index < -0.39 is 5.67 Å². The van der Waals surface area contributed by atoms with Crippen LogP contribution in [0.1, 0.15) is 25.0 Å². The number of hydrogen-bond acceptors (Lipinski definition) is 7. The average molecular weight is 359 g/mol. The maximum absolute atomic E-state index is 13.5. The summed E-state index contributed by atoms with van der Waals surface area (Å²) < 4.78 is 18.9. The standard InChI is InChI=1S/C18H22FN5O2/c1-12-6-13(8-23-17(12)26-11-18(2,3)19)7-21-9-14-15(20)4-5-22-16(14)10-24-25/h4-6,8-9,20-21H,7,10-11H2,1-3H3/b14-9+,20-15?. The van der Waals surface area contributed by atoms with Crippen LogP contribution in [0, 0.1) is 17.2 Å². The molecule has 8 heteroatoms. The predicted molar refractivity (Wildman–Crippen MR) is 99.5 cm³/mol. The van der Waals surface area contributed by atoms with Gasteiger partial charge in [0.1, 0.15) is 18.8 Å². The number of nitrogens with one attached hydrogen (secondary N) is 2. The fraction of sp³-hybridized carbons (Fsp3) is 0.389. The van der Waals surface area contributed by atoms with Crippen molar-refractivity contribution in [2.24, 2.45) is 10.2 Å². The largest absolute Gasteiger partial charge is 0.474 e. The van der Waals surface area contributed by atoms with E-state index in [0.29, 0.717) is 23.7 Å². The fourth-order valence-corrected chi connectivity index (χ4v) is 2.24. The highest BCUT2D eigenvalue weighted by Gasteiger charge is 2.17. The van der Waals surface area contributed by atoms with E-state index in [0.717, 1.165) is 11.1 Å². The van der Waals surface area contributed by atoms with Crippen LogP contribution >= 0.6 is 0 Å². The lowest BCUT2D eigenvalue weighted by Gasteiger charge is -2.16. The molecule has 1 aromatic heterocycles. The predicted octanol–water partition coefficient (Wildman–Crippen LogP) is 3.24. The highest BCUT2D eigenvalue weighted by atomic mass is 19.1. The quantitative estimate of drug-likeness (QED) is 0.696. The number of halogens is 1. The maximum Gasteiger partial charge on any atom is 0.216 e. The Morgan fingerprint density at radius 1 is 1.46 bits per heavy atom. The van der Waals surface area contributed by atoms with Gasteiger partial charge in [0.25, 0.3) is 0 Å². The second-order valence-corrected chi connectivity index (χ2v) is 6.50. The molecule has 0 saturated carbocycles. The third-order valence-corrected chi connectivity index (χ3v) is 3.48. The molecule has 1 aliphatic heterocycles. The van der Waals surface area contributed by atoms with Crippen molar-refractivity contribution in [1.82, 2.24) is 10.3 Å². The third kappa shape index (κ3) is 5.58. The molecule has 0 fully saturated rings. The van der Waals surface area contributed by atoms with Gasteiger partial charge in [-0.3, -0.25) is 4.99 Å². The molecule has 2 heterocycles. The zero-order valence-electron chi connectivity index (χ0n) is 15.0. The lowest BCUT2D eigenvalue weighted by molar-refractivity contribution is 0.117. The van der Waals surface area contributed by atoms with Crippen LogP contribution in [0.3, 0.4) is 0 Å². The van der Waals surface area contributed by atoms with E-state index in [1.165, 1.54) is 20.0 Å². The first kappa shape index (κ1) is 19.4. The zero-order chi connectivity index (χ0) is 19.2. The first-order chi connectivity index (χ1) is 12.3. The number of aliphatic imine (C=N–C) groups is 1. The Balaban J connectivity index is 2.00. The Morgan fingerprint density at radius 2 is 2.23 bits per heavy atom. The number of aryl methyl sites for hydroxylation is 1. The summed E-state index contributed by atoms with van der Waals surface area (Å²) >= 11 is 0. The van der Waals surface area contributed by atoms with Crippen molar-refractivity contribution in [2.75, 3.05) is 13.2 Å². The molecule has 0 amide bonds. The molecule has 0 aliphatic carbocycles. The van der Waals surface area contributed by atoms with Gasteiger partial charge in [0.05, 0.1) is 11.4 Å². The van der Waals surface area contributed by atoms with Crippen molar-refractivity contribution in [3.05, 3.63) is 52.3 Å². The minimum atomic E-state index is -1.42. The smallest absolute Gasteiger partial charge is 0.216 e. The topological polar surface area (TPSA) is 99.8 Å². The van der Waals surface area contributed by atoms with Gasteiger partial charge in [0, 0.05) is 36.3 Å². The van der Waals surface area contributed by atoms with E-state index in [4.69, 9.17) is 10.1 Å². The number of hydrogen-bond donors (Lipinski definition) is 2. The Kier molecular flexibility index (Phi) is 6.32. The molecule has 1 aromatic rings. The lowest BCUT2D eigenvalue weighted by Crippen LogP contribution is -2.23. The molecule has 138 valence electrons. The third-order valence-electron chi connectivity index (χ3n) is 3.48. The molecule has 7 nitrogen and oxygen atoms in total. The minimum Gasteiger partial charge on any atom is -0.474 e. The molecule has 0 atom stereocenters. The molecule has 0 saturated heterocycles. The van der Waals surface area contributed by atoms with Gasteiger partial charge in [-0.25, -0.2) is 9.37 Å². The summed E-state index contributed by atoms with van der Waals surface area (Å²) in [6.45, 7) is 5.06. The van der Waals surface area contributed by atoms with E-state index in [9.17, 15) is 9.30 Å². The van der Waals surface area contributed by atoms with Gasteiger partial charge in [0.2, 0.25) is 5.88 Å². The van der Waals surface area contributed by atoms with E-state index in [1.807, 2.05) is 13.0 Å². The van der Waals surface area contributed by atoms with Gasteiger partial charge in [-0.15, -0.1) is 0 Å². The summed E-state index contributed by atoms with van der Waals surface area (Å²) in [6.07, 6.45) is 6.31. The molecular formula is C18H22FN5O2. The molecule has 2 rings (SSSR count). The van der Waals surface area contributed by atoms with Crippen LogP contribution in [0.4, 0.5) is 4.39 Å². The molecule has 0 unspecified atom stereocenters. The second-order valence-electron chi connectivity index (χ2n) is 6.50. The highest BCUT2D eigenvalue weighted by Crippen LogP contribution is 2.18. The van der Waals surface area contributed by atoms with Crippen LogP contribution in [0.2, 0.25) is 0 Å². The van der Waals surface area contributed by atoms with Crippen molar-refractivity contribution in [1.29, 1.82) is 5.41 Å². The minimum absolute atomic E-state index is 0.0625. The Morgan fingerprint density at radius 3 is 2.88 bits per heavy atom. The summed E-state index contributed by atoms with van der Waals surface area (Å²) in [5, 5.41) is 13.8. The second kappa shape index (κ2) is 8.46.